The standard InChI is InChI=1S/C26H34FNO8/c1-15-8-19-18-5-4-16-9-17(28-36-11-21(30)31)6-7-22(16,2)25(18,27)20(29)10-23(19,3)26(15)24(34-14-35-26)12-32-13-33-24/h6-7,9,15,18-20,29H,4-5,8,10-14H2,1-3H3,(H,30,31)/t15-,18-,19-,20-,22-,23-,24?,25-,26+/m0/s1. The Bertz CT molecular complexity index is 1050. The second-order valence-corrected chi connectivity index (χ2v) is 11.7. The minimum Gasteiger partial charge on any atom is -0.479 e. The summed E-state index contributed by atoms with van der Waals surface area (Å²) in [5.74, 6) is -2.61. The molecule has 10 heteroatoms. The fraction of sp³-hybridized carbons (Fsp3) is 0.769. The maximum Gasteiger partial charge on any atom is 0.344 e. The largest absolute Gasteiger partial charge is 0.479 e. The van der Waals surface area contributed by atoms with E-state index in [0.29, 0.717) is 18.6 Å². The highest BCUT2D eigenvalue weighted by Gasteiger charge is 2.81. The minimum absolute atomic E-state index is 0.0167. The number of allylic oxidation sites excluding steroid dienone is 4. The molecule has 0 bridgehead atoms. The van der Waals surface area contributed by atoms with Crippen molar-refractivity contribution in [3.05, 3.63) is 23.8 Å². The van der Waals surface area contributed by atoms with E-state index in [4.69, 9.17) is 28.9 Å². The van der Waals surface area contributed by atoms with Crippen molar-refractivity contribution in [3.8, 4) is 0 Å². The van der Waals surface area contributed by atoms with E-state index in [2.05, 4.69) is 19.0 Å². The number of aliphatic carboxylic acids is 1. The van der Waals surface area contributed by atoms with Crippen LogP contribution in [0.2, 0.25) is 0 Å². The average Bonchev–Trinajstić information content (AvgIpc) is 3.51. The number of oxime groups is 1. The Morgan fingerprint density at radius 1 is 1.25 bits per heavy atom. The van der Waals surface area contributed by atoms with Crippen LogP contribution in [-0.2, 0) is 28.6 Å². The third-order valence-electron chi connectivity index (χ3n) is 10.4. The first-order valence-corrected chi connectivity index (χ1v) is 12.7. The minimum atomic E-state index is -1.89. The fourth-order valence-electron chi connectivity index (χ4n) is 8.96. The number of carboxylic acids is 1. The van der Waals surface area contributed by atoms with Crippen molar-refractivity contribution in [2.75, 3.05) is 26.8 Å². The van der Waals surface area contributed by atoms with Gasteiger partial charge in [-0.15, -0.1) is 0 Å². The summed E-state index contributed by atoms with van der Waals surface area (Å²) >= 11 is 0. The number of carbonyl (C=O) groups is 1. The second-order valence-electron chi connectivity index (χ2n) is 11.7. The molecule has 198 valence electrons. The molecule has 2 aliphatic heterocycles. The molecule has 0 aromatic rings. The molecule has 2 saturated heterocycles. The van der Waals surface area contributed by atoms with Gasteiger partial charge in [-0.25, -0.2) is 9.18 Å². The Morgan fingerprint density at radius 2 is 2.03 bits per heavy atom. The van der Waals surface area contributed by atoms with Gasteiger partial charge < -0.3 is 34.0 Å². The molecule has 0 aromatic carbocycles. The molecule has 9 nitrogen and oxygen atoms in total. The molecule has 3 saturated carbocycles. The van der Waals surface area contributed by atoms with Crippen molar-refractivity contribution in [2.45, 2.75) is 69.6 Å². The van der Waals surface area contributed by atoms with Gasteiger partial charge in [0.05, 0.1) is 6.10 Å². The summed E-state index contributed by atoms with van der Waals surface area (Å²) in [6, 6.07) is 0. The highest BCUT2D eigenvalue weighted by molar-refractivity contribution is 6.05. The molecule has 5 fully saturated rings. The Labute approximate surface area is 209 Å². The number of fused-ring (bicyclic) bond motifs is 7. The predicted octanol–water partition coefficient (Wildman–Crippen LogP) is 2.94. The maximum atomic E-state index is 17.6. The molecule has 2 N–H and O–H groups in total. The number of carboxylic acid groups (broad SMARTS) is 1. The molecule has 9 atom stereocenters. The van der Waals surface area contributed by atoms with Crippen molar-refractivity contribution in [1.82, 2.24) is 0 Å². The number of rotatable bonds is 3. The van der Waals surface area contributed by atoms with Gasteiger partial charge in [0.25, 0.3) is 0 Å². The Balaban J connectivity index is 1.37. The molecule has 6 rings (SSSR count). The molecule has 2 spiro atoms. The molecule has 1 unspecified atom stereocenters. The Hall–Kier alpha value is -1.85. The van der Waals surface area contributed by atoms with Crippen molar-refractivity contribution >= 4 is 11.7 Å². The van der Waals surface area contributed by atoms with E-state index in [9.17, 15) is 9.90 Å². The van der Waals surface area contributed by atoms with Crippen LogP contribution in [0.4, 0.5) is 4.39 Å². The van der Waals surface area contributed by atoms with E-state index in [1.54, 1.807) is 18.2 Å². The van der Waals surface area contributed by atoms with Crippen LogP contribution in [0.3, 0.4) is 0 Å². The lowest BCUT2D eigenvalue weighted by Crippen LogP contribution is -2.71. The van der Waals surface area contributed by atoms with Crippen LogP contribution in [0.15, 0.2) is 29.0 Å². The molecule has 0 amide bonds. The number of alkyl halides is 1. The number of aliphatic hydroxyl groups excluding tert-OH is 1. The lowest BCUT2D eigenvalue weighted by Gasteiger charge is -2.63. The summed E-state index contributed by atoms with van der Waals surface area (Å²) < 4.78 is 41.7. The first-order chi connectivity index (χ1) is 17.0. The van der Waals surface area contributed by atoms with E-state index in [-0.39, 0.29) is 38.4 Å². The van der Waals surface area contributed by atoms with Gasteiger partial charge in [0.1, 0.15) is 17.9 Å². The number of hydrogen-bond acceptors (Lipinski definition) is 8. The van der Waals surface area contributed by atoms with Gasteiger partial charge in [0.15, 0.2) is 19.3 Å². The van der Waals surface area contributed by atoms with Gasteiger partial charge in [0.2, 0.25) is 12.4 Å². The van der Waals surface area contributed by atoms with Crippen LogP contribution in [0.25, 0.3) is 0 Å². The third-order valence-corrected chi connectivity index (χ3v) is 10.4. The molecule has 2 heterocycles. The first-order valence-electron chi connectivity index (χ1n) is 12.7. The fourth-order valence-corrected chi connectivity index (χ4v) is 8.96. The lowest BCUT2D eigenvalue weighted by atomic mass is 9.44. The first kappa shape index (κ1) is 24.5. The van der Waals surface area contributed by atoms with Gasteiger partial charge >= 0.3 is 5.97 Å². The molecule has 0 radical (unpaired) electrons. The SMILES string of the molecule is C[C@H]1C[C@H]2[C@@H]3CCC4=CC(=NOCC(=O)O)C=C[C@]4(C)[C@@]3(F)[C@@H](O)C[C@]2(C)[C@]12OCOC21COCO1. The predicted molar refractivity (Wildman–Crippen MR) is 123 cm³/mol. The van der Waals surface area contributed by atoms with E-state index in [1.165, 1.54) is 0 Å². The summed E-state index contributed by atoms with van der Waals surface area (Å²) in [6.07, 6.45) is 6.10. The van der Waals surface area contributed by atoms with E-state index < -0.39 is 52.5 Å². The molecular weight excluding hydrogens is 473 g/mol. The average molecular weight is 508 g/mol. The lowest BCUT2D eigenvalue weighted by molar-refractivity contribution is -0.277. The maximum absolute atomic E-state index is 17.6. The van der Waals surface area contributed by atoms with Crippen LogP contribution in [0, 0.1) is 28.6 Å². The zero-order valence-electron chi connectivity index (χ0n) is 20.9. The van der Waals surface area contributed by atoms with E-state index in [1.807, 2.05) is 6.92 Å². The Kier molecular flexibility index (Phi) is 5.33. The van der Waals surface area contributed by atoms with Gasteiger partial charge in [-0.2, -0.15) is 0 Å². The number of hydrogen-bond donors (Lipinski definition) is 2. The zero-order valence-corrected chi connectivity index (χ0v) is 20.9. The monoisotopic (exact) mass is 507 g/mol. The van der Waals surface area contributed by atoms with E-state index >= 15 is 4.39 Å². The van der Waals surface area contributed by atoms with Gasteiger partial charge in [-0.05, 0) is 56.6 Å². The molecule has 6 aliphatic rings. The van der Waals surface area contributed by atoms with Crippen molar-refractivity contribution in [1.29, 1.82) is 0 Å². The third kappa shape index (κ3) is 2.77. The normalized spacial score (nSPS) is 52.4. The van der Waals surface area contributed by atoms with Crippen molar-refractivity contribution in [3.63, 3.8) is 0 Å². The van der Waals surface area contributed by atoms with E-state index in [0.717, 1.165) is 12.0 Å². The van der Waals surface area contributed by atoms with Crippen molar-refractivity contribution < 1.29 is 43.2 Å². The van der Waals surface area contributed by atoms with Crippen LogP contribution in [0.5, 0.6) is 0 Å². The zero-order chi connectivity index (χ0) is 25.6. The summed E-state index contributed by atoms with van der Waals surface area (Å²) in [5.41, 5.74) is -3.08. The van der Waals surface area contributed by atoms with Crippen LogP contribution in [0.1, 0.15) is 46.5 Å². The number of aliphatic hydroxyl groups is 1. The summed E-state index contributed by atoms with van der Waals surface area (Å²) in [7, 11) is 0. The smallest absolute Gasteiger partial charge is 0.344 e. The number of ether oxygens (including phenoxy) is 4. The van der Waals surface area contributed by atoms with Gasteiger partial charge in [-0.3, -0.25) is 0 Å². The molecule has 36 heavy (non-hydrogen) atoms. The van der Waals surface area contributed by atoms with Crippen molar-refractivity contribution in [2.24, 2.45) is 33.7 Å². The highest BCUT2D eigenvalue weighted by atomic mass is 19.1. The highest BCUT2D eigenvalue weighted by Crippen LogP contribution is 2.74. The summed E-state index contributed by atoms with van der Waals surface area (Å²) in [6.45, 7) is 5.97. The Morgan fingerprint density at radius 3 is 2.75 bits per heavy atom. The van der Waals surface area contributed by atoms with Crippen LogP contribution in [-0.4, -0.2) is 71.9 Å². The molecule has 0 aromatic heterocycles. The molecular formula is C26H34FNO8. The van der Waals surface area contributed by atoms with Crippen LogP contribution >= 0.6 is 0 Å². The molecule has 4 aliphatic carbocycles. The number of nitrogens with zero attached hydrogens (tertiary/aromatic N) is 1. The summed E-state index contributed by atoms with van der Waals surface area (Å²) in [5, 5.41) is 24.4. The number of halogens is 1. The quantitative estimate of drug-likeness (QED) is 0.561. The topological polar surface area (TPSA) is 116 Å². The summed E-state index contributed by atoms with van der Waals surface area (Å²) in [4.78, 5) is 15.6. The van der Waals surface area contributed by atoms with Gasteiger partial charge in [-0.1, -0.05) is 30.7 Å². The second kappa shape index (κ2) is 7.83. The van der Waals surface area contributed by atoms with Crippen LogP contribution < -0.4 is 0 Å². The van der Waals surface area contributed by atoms with Gasteiger partial charge in [0, 0.05) is 16.7 Å².